The number of hydrogen-bond donors (Lipinski definition) is 4. The molecule has 0 aromatic rings. The summed E-state index contributed by atoms with van der Waals surface area (Å²) in [6.45, 7) is 1.42. The molecule has 0 aliphatic heterocycles. The number of aliphatic hydroxyl groups is 3. The average molecular weight is 137 g/mol. The molecule has 0 unspecified atom stereocenters. The van der Waals surface area contributed by atoms with Crippen LogP contribution >= 0.6 is 0 Å². The van der Waals surface area contributed by atoms with Crippen LogP contribution in [-0.2, 0) is 0 Å². The maximum atomic E-state index is 8.15. The van der Waals surface area contributed by atoms with Gasteiger partial charge in [-0.25, -0.2) is 0 Å². The standard InChI is InChI=1S/C4H11NO2.CH4O/c6-3-1-5-2-4-7;1-2/h5-7H,1-4H2;2H,1H3. The zero-order chi connectivity index (χ0) is 7.54. The van der Waals surface area contributed by atoms with Crippen molar-refractivity contribution in [3.8, 4) is 0 Å². The molecule has 0 aliphatic rings. The van der Waals surface area contributed by atoms with E-state index in [9.17, 15) is 0 Å². The third kappa shape index (κ3) is 18.1. The zero-order valence-electron chi connectivity index (χ0n) is 5.67. The molecule has 0 aromatic heterocycles. The van der Waals surface area contributed by atoms with E-state index in [1.54, 1.807) is 0 Å². The second-order valence-electron chi connectivity index (χ2n) is 1.20. The highest BCUT2D eigenvalue weighted by atomic mass is 16.3. The van der Waals surface area contributed by atoms with Crippen LogP contribution in [0.5, 0.6) is 0 Å². The Kier molecular flexibility index (Phi) is 20.2. The van der Waals surface area contributed by atoms with Crippen molar-refractivity contribution >= 4 is 0 Å². The van der Waals surface area contributed by atoms with E-state index in [-0.39, 0.29) is 13.2 Å². The molecule has 0 rings (SSSR count). The molecule has 0 aliphatic carbocycles. The van der Waals surface area contributed by atoms with Crippen LogP contribution in [0.1, 0.15) is 0 Å². The molecule has 4 N–H and O–H groups in total. The van der Waals surface area contributed by atoms with Gasteiger partial charge in [0.2, 0.25) is 0 Å². The minimum atomic E-state index is 0.139. The molecule has 0 amide bonds. The minimum absolute atomic E-state index is 0.139. The molecule has 4 nitrogen and oxygen atoms in total. The van der Waals surface area contributed by atoms with Gasteiger partial charge in [0.15, 0.2) is 0 Å². The van der Waals surface area contributed by atoms with Crippen molar-refractivity contribution in [3.63, 3.8) is 0 Å². The van der Waals surface area contributed by atoms with Crippen LogP contribution in [0.3, 0.4) is 0 Å². The quantitative estimate of drug-likeness (QED) is 0.344. The molecule has 0 heterocycles. The van der Waals surface area contributed by atoms with E-state index >= 15 is 0 Å². The van der Waals surface area contributed by atoms with Crippen LogP contribution in [0.2, 0.25) is 0 Å². The lowest BCUT2D eigenvalue weighted by atomic mass is 10.6. The summed E-state index contributed by atoms with van der Waals surface area (Å²) < 4.78 is 0. The van der Waals surface area contributed by atoms with Gasteiger partial charge in [0, 0.05) is 20.2 Å². The van der Waals surface area contributed by atoms with Gasteiger partial charge in [-0.3, -0.25) is 0 Å². The molecule has 0 atom stereocenters. The van der Waals surface area contributed by atoms with Crippen molar-refractivity contribution < 1.29 is 15.3 Å². The molecule has 0 aromatic carbocycles. The molecular formula is C5H15NO3. The van der Waals surface area contributed by atoms with E-state index in [1.165, 1.54) is 0 Å². The lowest BCUT2D eigenvalue weighted by Crippen LogP contribution is -2.21. The summed E-state index contributed by atoms with van der Waals surface area (Å²) in [5.74, 6) is 0. The van der Waals surface area contributed by atoms with Gasteiger partial charge < -0.3 is 20.6 Å². The van der Waals surface area contributed by atoms with Gasteiger partial charge in [0.05, 0.1) is 13.2 Å². The number of hydrogen-bond acceptors (Lipinski definition) is 4. The molecule has 0 saturated heterocycles. The summed E-state index contributed by atoms with van der Waals surface area (Å²) in [6, 6.07) is 0. The second-order valence-corrected chi connectivity index (χ2v) is 1.20. The van der Waals surface area contributed by atoms with Crippen molar-refractivity contribution in [2.75, 3.05) is 33.4 Å². The topological polar surface area (TPSA) is 72.7 Å². The fourth-order valence-electron chi connectivity index (χ4n) is 0.283. The lowest BCUT2D eigenvalue weighted by Gasteiger charge is -1.94. The summed E-state index contributed by atoms with van der Waals surface area (Å²) in [4.78, 5) is 0. The Morgan fingerprint density at radius 2 is 1.33 bits per heavy atom. The minimum Gasteiger partial charge on any atom is -0.400 e. The monoisotopic (exact) mass is 137 g/mol. The van der Waals surface area contributed by atoms with E-state index in [0.717, 1.165) is 7.11 Å². The molecule has 0 spiro atoms. The van der Waals surface area contributed by atoms with Crippen LogP contribution in [0.4, 0.5) is 0 Å². The first-order chi connectivity index (χ1) is 4.41. The molecule has 4 heteroatoms. The maximum Gasteiger partial charge on any atom is 0.0555 e. The average Bonchev–Trinajstić information content (AvgIpc) is 1.94. The normalized spacial score (nSPS) is 8.00. The van der Waals surface area contributed by atoms with Crippen LogP contribution in [-0.4, -0.2) is 48.7 Å². The maximum absolute atomic E-state index is 8.15. The van der Waals surface area contributed by atoms with Gasteiger partial charge in [-0.05, 0) is 0 Å². The summed E-state index contributed by atoms with van der Waals surface area (Å²) in [7, 11) is 1.00. The van der Waals surface area contributed by atoms with Crippen molar-refractivity contribution in [3.05, 3.63) is 0 Å². The van der Waals surface area contributed by atoms with E-state index < -0.39 is 0 Å². The van der Waals surface area contributed by atoms with Crippen LogP contribution in [0.15, 0.2) is 0 Å². The van der Waals surface area contributed by atoms with E-state index in [2.05, 4.69) is 5.32 Å². The number of aliphatic hydroxyl groups excluding tert-OH is 3. The summed E-state index contributed by atoms with van der Waals surface area (Å²) in [6.07, 6.45) is 0. The van der Waals surface area contributed by atoms with E-state index in [0.29, 0.717) is 13.1 Å². The Hall–Kier alpha value is -0.160. The molecule has 0 saturated carbocycles. The first-order valence-electron chi connectivity index (χ1n) is 2.79. The van der Waals surface area contributed by atoms with Crippen LogP contribution < -0.4 is 5.32 Å². The third-order valence-corrected chi connectivity index (χ3v) is 0.577. The van der Waals surface area contributed by atoms with Crippen molar-refractivity contribution in [1.82, 2.24) is 5.32 Å². The summed E-state index contributed by atoms with van der Waals surface area (Å²) in [5.41, 5.74) is 0. The van der Waals surface area contributed by atoms with Crippen molar-refractivity contribution in [2.24, 2.45) is 0 Å². The van der Waals surface area contributed by atoms with Crippen LogP contribution in [0.25, 0.3) is 0 Å². The summed E-state index contributed by atoms with van der Waals surface area (Å²) >= 11 is 0. The smallest absolute Gasteiger partial charge is 0.0555 e. The number of nitrogens with one attached hydrogen (secondary N) is 1. The second kappa shape index (κ2) is 15.7. The van der Waals surface area contributed by atoms with Crippen LogP contribution in [0, 0.1) is 0 Å². The molecule has 0 fully saturated rings. The fraction of sp³-hybridized carbons (Fsp3) is 1.00. The molecule has 0 radical (unpaired) electrons. The fourth-order valence-corrected chi connectivity index (χ4v) is 0.283. The first-order valence-corrected chi connectivity index (χ1v) is 2.79. The first kappa shape index (κ1) is 11.6. The Bertz CT molecular complexity index is 31.4. The summed E-state index contributed by atoms with van der Waals surface area (Å²) in [5, 5.41) is 26.1. The highest BCUT2D eigenvalue weighted by molar-refractivity contribution is 4.39. The number of rotatable bonds is 4. The Morgan fingerprint density at radius 3 is 1.56 bits per heavy atom. The predicted octanol–water partition coefficient (Wildman–Crippen LogP) is -1.83. The van der Waals surface area contributed by atoms with Gasteiger partial charge in [-0.1, -0.05) is 0 Å². The molecule has 0 bridgehead atoms. The lowest BCUT2D eigenvalue weighted by molar-refractivity contribution is 0.267. The molecular weight excluding hydrogens is 122 g/mol. The molecule has 9 heavy (non-hydrogen) atoms. The Morgan fingerprint density at radius 1 is 1.00 bits per heavy atom. The van der Waals surface area contributed by atoms with Gasteiger partial charge in [-0.2, -0.15) is 0 Å². The van der Waals surface area contributed by atoms with E-state index in [4.69, 9.17) is 15.3 Å². The van der Waals surface area contributed by atoms with Crippen molar-refractivity contribution in [2.45, 2.75) is 0 Å². The largest absolute Gasteiger partial charge is 0.400 e. The van der Waals surface area contributed by atoms with E-state index in [1.807, 2.05) is 0 Å². The predicted molar refractivity (Wildman–Crippen MR) is 35.2 cm³/mol. The Labute approximate surface area is 55.1 Å². The highest BCUT2D eigenvalue weighted by Crippen LogP contribution is 1.54. The zero-order valence-corrected chi connectivity index (χ0v) is 5.67. The molecule has 58 valence electrons. The highest BCUT2D eigenvalue weighted by Gasteiger charge is 1.78. The van der Waals surface area contributed by atoms with Gasteiger partial charge in [-0.15, -0.1) is 0 Å². The van der Waals surface area contributed by atoms with Crippen molar-refractivity contribution in [1.29, 1.82) is 0 Å². The third-order valence-electron chi connectivity index (χ3n) is 0.577. The van der Waals surface area contributed by atoms with Gasteiger partial charge in [0.25, 0.3) is 0 Å². The van der Waals surface area contributed by atoms with Gasteiger partial charge >= 0.3 is 0 Å². The SMILES string of the molecule is CO.OCCNCCO. The Balaban J connectivity index is 0. The van der Waals surface area contributed by atoms with Gasteiger partial charge in [0.1, 0.15) is 0 Å².